The van der Waals surface area contributed by atoms with Gasteiger partial charge in [0.25, 0.3) is 0 Å². The molecule has 0 saturated carbocycles. The predicted octanol–water partition coefficient (Wildman–Crippen LogP) is 2.96. The third-order valence-corrected chi connectivity index (χ3v) is 5.27. The van der Waals surface area contributed by atoms with Crippen LogP contribution in [0, 0.1) is 5.82 Å². The topological polar surface area (TPSA) is 73.8 Å². The third-order valence-electron chi connectivity index (χ3n) is 3.97. The average Bonchev–Trinajstić information content (AvgIpc) is 2.66. The van der Waals surface area contributed by atoms with Gasteiger partial charge in [-0.05, 0) is 30.2 Å². The largest absolute Gasteiger partial charge is 0.357 e. The van der Waals surface area contributed by atoms with Gasteiger partial charge in [-0.2, -0.15) is 0 Å². The van der Waals surface area contributed by atoms with Gasteiger partial charge in [0.2, 0.25) is 10.0 Å². The van der Waals surface area contributed by atoms with Crippen LogP contribution in [0.3, 0.4) is 0 Å². The Labute approximate surface area is 189 Å². The number of nitrogens with zero attached hydrogens (tertiary/aromatic N) is 2. The van der Waals surface area contributed by atoms with Gasteiger partial charge in [-0.25, -0.2) is 17.5 Å². The molecule has 0 aromatic heterocycles. The SMILES string of the molecule is CCNC(=NCCS(=O)(=O)NCc1ccccc1)N(C)Cc1cccc(F)c1.I. The minimum atomic E-state index is -3.43. The number of rotatable bonds is 9. The van der Waals surface area contributed by atoms with Crippen molar-refractivity contribution in [3.8, 4) is 0 Å². The van der Waals surface area contributed by atoms with Crippen molar-refractivity contribution in [2.75, 3.05) is 25.9 Å². The van der Waals surface area contributed by atoms with Crippen molar-refractivity contribution in [1.29, 1.82) is 0 Å². The van der Waals surface area contributed by atoms with E-state index in [1.165, 1.54) is 12.1 Å². The summed E-state index contributed by atoms with van der Waals surface area (Å²) in [5.74, 6) is 0.177. The van der Waals surface area contributed by atoms with Crippen LogP contribution in [0.4, 0.5) is 4.39 Å². The van der Waals surface area contributed by atoms with E-state index in [4.69, 9.17) is 0 Å². The summed E-state index contributed by atoms with van der Waals surface area (Å²) in [4.78, 5) is 6.23. The number of hydrogen-bond donors (Lipinski definition) is 2. The Hall–Kier alpha value is -1.72. The van der Waals surface area contributed by atoms with E-state index in [9.17, 15) is 12.8 Å². The van der Waals surface area contributed by atoms with E-state index in [0.29, 0.717) is 19.0 Å². The van der Waals surface area contributed by atoms with Crippen LogP contribution < -0.4 is 10.0 Å². The second-order valence-corrected chi connectivity index (χ2v) is 8.27. The maximum Gasteiger partial charge on any atom is 0.213 e. The first-order valence-corrected chi connectivity index (χ1v) is 10.8. The van der Waals surface area contributed by atoms with Crippen LogP contribution in [-0.4, -0.2) is 45.2 Å². The van der Waals surface area contributed by atoms with Gasteiger partial charge in [0, 0.05) is 26.7 Å². The van der Waals surface area contributed by atoms with E-state index in [-0.39, 0.29) is 48.6 Å². The normalized spacial score (nSPS) is 11.6. The summed E-state index contributed by atoms with van der Waals surface area (Å²) in [7, 11) is -1.61. The van der Waals surface area contributed by atoms with Crippen molar-refractivity contribution in [1.82, 2.24) is 14.9 Å². The molecular weight excluding hydrogens is 506 g/mol. The number of hydrogen-bond acceptors (Lipinski definition) is 3. The van der Waals surface area contributed by atoms with E-state index in [1.807, 2.05) is 55.3 Å². The Kier molecular flexibility index (Phi) is 11.1. The van der Waals surface area contributed by atoms with Crippen molar-refractivity contribution in [3.63, 3.8) is 0 Å². The van der Waals surface area contributed by atoms with E-state index in [1.54, 1.807) is 6.07 Å². The fraction of sp³-hybridized carbons (Fsp3) is 0.350. The Balaban J connectivity index is 0.00000420. The van der Waals surface area contributed by atoms with Crippen LogP contribution in [-0.2, 0) is 23.1 Å². The van der Waals surface area contributed by atoms with Gasteiger partial charge in [-0.1, -0.05) is 42.5 Å². The zero-order valence-corrected chi connectivity index (χ0v) is 19.8. The molecule has 0 aliphatic carbocycles. The van der Waals surface area contributed by atoms with Gasteiger partial charge in [0.15, 0.2) is 5.96 Å². The first kappa shape index (κ1) is 25.3. The zero-order chi connectivity index (χ0) is 20.4. The fourth-order valence-corrected chi connectivity index (χ4v) is 3.45. The summed E-state index contributed by atoms with van der Waals surface area (Å²) in [6, 6.07) is 15.7. The highest BCUT2D eigenvalue weighted by Gasteiger charge is 2.11. The molecular formula is C20H28FIN4O2S. The third kappa shape index (κ3) is 9.55. The molecule has 0 unspecified atom stereocenters. The molecule has 0 spiro atoms. The molecule has 0 amide bonds. The van der Waals surface area contributed by atoms with Crippen molar-refractivity contribution in [2.24, 2.45) is 4.99 Å². The average molecular weight is 534 g/mol. The molecule has 0 aliphatic rings. The number of benzene rings is 2. The highest BCUT2D eigenvalue weighted by Crippen LogP contribution is 2.06. The Morgan fingerprint density at radius 1 is 1.10 bits per heavy atom. The summed E-state index contributed by atoms with van der Waals surface area (Å²) in [5, 5.41) is 3.13. The zero-order valence-electron chi connectivity index (χ0n) is 16.6. The smallest absolute Gasteiger partial charge is 0.213 e. The summed E-state index contributed by atoms with van der Waals surface area (Å²) in [6.45, 7) is 3.42. The first-order valence-electron chi connectivity index (χ1n) is 9.15. The molecule has 2 N–H and O–H groups in total. The Morgan fingerprint density at radius 2 is 1.79 bits per heavy atom. The van der Waals surface area contributed by atoms with Crippen LogP contribution in [0.15, 0.2) is 59.6 Å². The first-order chi connectivity index (χ1) is 13.4. The van der Waals surface area contributed by atoms with Gasteiger partial charge in [0.1, 0.15) is 5.82 Å². The van der Waals surface area contributed by atoms with Crippen molar-refractivity contribution < 1.29 is 12.8 Å². The lowest BCUT2D eigenvalue weighted by molar-refractivity contribution is 0.475. The molecule has 9 heteroatoms. The molecule has 0 aliphatic heterocycles. The van der Waals surface area contributed by atoms with E-state index in [0.717, 1.165) is 11.1 Å². The highest BCUT2D eigenvalue weighted by molar-refractivity contribution is 14.0. The van der Waals surface area contributed by atoms with Gasteiger partial charge in [-0.3, -0.25) is 4.99 Å². The molecule has 0 fully saturated rings. The minimum Gasteiger partial charge on any atom is -0.357 e. The van der Waals surface area contributed by atoms with Crippen molar-refractivity contribution >= 4 is 40.0 Å². The van der Waals surface area contributed by atoms with Crippen LogP contribution in [0.1, 0.15) is 18.1 Å². The maximum absolute atomic E-state index is 13.4. The van der Waals surface area contributed by atoms with Crippen LogP contribution in [0.5, 0.6) is 0 Å². The minimum absolute atomic E-state index is 0. The van der Waals surface area contributed by atoms with E-state index >= 15 is 0 Å². The molecule has 0 bridgehead atoms. The number of nitrogens with one attached hydrogen (secondary N) is 2. The molecule has 2 aromatic rings. The van der Waals surface area contributed by atoms with Gasteiger partial charge in [-0.15, -0.1) is 24.0 Å². The van der Waals surface area contributed by atoms with Gasteiger partial charge in [0.05, 0.1) is 12.3 Å². The maximum atomic E-state index is 13.4. The summed E-state index contributed by atoms with van der Waals surface area (Å²) < 4.78 is 40.3. The van der Waals surface area contributed by atoms with E-state index in [2.05, 4.69) is 15.0 Å². The number of sulfonamides is 1. The van der Waals surface area contributed by atoms with Crippen molar-refractivity contribution in [3.05, 3.63) is 71.5 Å². The summed E-state index contributed by atoms with van der Waals surface area (Å²) in [6.07, 6.45) is 0. The van der Waals surface area contributed by atoms with Crippen LogP contribution >= 0.6 is 24.0 Å². The Bertz CT molecular complexity index is 879. The van der Waals surface area contributed by atoms with Gasteiger partial charge >= 0.3 is 0 Å². The lowest BCUT2D eigenvalue weighted by atomic mass is 10.2. The second kappa shape index (κ2) is 12.8. The fourth-order valence-electron chi connectivity index (χ4n) is 2.59. The summed E-state index contributed by atoms with van der Waals surface area (Å²) >= 11 is 0. The molecule has 2 aromatic carbocycles. The lowest BCUT2D eigenvalue weighted by Crippen LogP contribution is -2.39. The standard InChI is InChI=1S/C20H27FN4O2S.HI/c1-3-22-20(25(2)16-18-10-7-11-19(21)14-18)23-12-13-28(26,27)24-15-17-8-5-4-6-9-17;/h4-11,14,24H,3,12-13,15-16H2,1-2H3,(H,22,23);1H. The highest BCUT2D eigenvalue weighted by atomic mass is 127. The monoisotopic (exact) mass is 534 g/mol. The van der Waals surface area contributed by atoms with Crippen LogP contribution in [0.25, 0.3) is 0 Å². The number of aliphatic imine (C=N–C) groups is 1. The molecule has 160 valence electrons. The van der Waals surface area contributed by atoms with Crippen molar-refractivity contribution in [2.45, 2.75) is 20.0 Å². The second-order valence-electron chi connectivity index (χ2n) is 6.35. The number of halogens is 2. The van der Waals surface area contributed by atoms with Gasteiger partial charge < -0.3 is 10.2 Å². The van der Waals surface area contributed by atoms with Crippen LogP contribution in [0.2, 0.25) is 0 Å². The number of guanidine groups is 1. The summed E-state index contributed by atoms with van der Waals surface area (Å²) in [5.41, 5.74) is 1.71. The molecule has 2 rings (SSSR count). The molecule has 6 nitrogen and oxygen atoms in total. The lowest BCUT2D eigenvalue weighted by Gasteiger charge is -2.22. The Morgan fingerprint density at radius 3 is 2.45 bits per heavy atom. The quantitative estimate of drug-likeness (QED) is 0.295. The molecule has 0 radical (unpaired) electrons. The predicted molar refractivity (Wildman–Crippen MR) is 126 cm³/mol. The van der Waals surface area contributed by atoms with E-state index < -0.39 is 10.0 Å². The molecule has 29 heavy (non-hydrogen) atoms. The molecule has 0 saturated heterocycles. The molecule has 0 atom stereocenters. The molecule has 0 heterocycles.